The molecule has 0 fully saturated rings. The van der Waals surface area contributed by atoms with Gasteiger partial charge in [0.05, 0.1) is 19.0 Å². The SMILES string of the molecule is Cc1c2c(c([Si](C)(C)C)c3c(C)cccc13)Oc1cc(CC(C)C)cc3cc[n+](C)c-2c13. The summed E-state index contributed by atoms with van der Waals surface area (Å²) in [7, 11) is 0.443. The highest BCUT2D eigenvalue weighted by Gasteiger charge is 2.36. The lowest BCUT2D eigenvalue weighted by molar-refractivity contribution is -0.659. The number of rotatable bonds is 3. The van der Waals surface area contributed by atoms with Crippen LogP contribution in [0.1, 0.15) is 30.5 Å². The van der Waals surface area contributed by atoms with Gasteiger partial charge in [0.2, 0.25) is 5.69 Å². The molecule has 0 bridgehead atoms. The van der Waals surface area contributed by atoms with E-state index in [4.69, 9.17) is 4.74 Å². The van der Waals surface area contributed by atoms with Crippen molar-refractivity contribution in [3.63, 3.8) is 0 Å². The third-order valence-electron chi connectivity index (χ3n) is 6.86. The van der Waals surface area contributed by atoms with Crippen molar-refractivity contribution in [1.29, 1.82) is 0 Å². The first-order valence-corrected chi connectivity index (χ1v) is 15.3. The van der Waals surface area contributed by atoms with E-state index in [-0.39, 0.29) is 0 Å². The van der Waals surface area contributed by atoms with Crippen molar-refractivity contribution in [3.05, 3.63) is 59.3 Å². The molecule has 0 amide bonds. The Morgan fingerprint density at radius 3 is 2.44 bits per heavy atom. The van der Waals surface area contributed by atoms with E-state index in [0.717, 1.165) is 17.9 Å². The van der Waals surface area contributed by atoms with Crippen LogP contribution in [0.4, 0.5) is 0 Å². The number of benzene rings is 3. The third-order valence-corrected chi connectivity index (χ3v) is 8.84. The van der Waals surface area contributed by atoms with E-state index in [1.54, 1.807) is 0 Å². The van der Waals surface area contributed by atoms with Crippen molar-refractivity contribution < 1.29 is 9.30 Å². The van der Waals surface area contributed by atoms with Gasteiger partial charge >= 0.3 is 0 Å². The summed E-state index contributed by atoms with van der Waals surface area (Å²) in [5.41, 5.74) is 6.58. The van der Waals surface area contributed by atoms with E-state index in [9.17, 15) is 0 Å². The fourth-order valence-corrected chi connectivity index (χ4v) is 7.50. The van der Waals surface area contributed by atoms with E-state index < -0.39 is 8.07 Å². The fraction of sp³-hybridized carbons (Fsp3) is 0.345. The molecule has 0 saturated carbocycles. The molecule has 0 atom stereocenters. The summed E-state index contributed by atoms with van der Waals surface area (Å²) in [6, 6.07) is 13.6. The lowest BCUT2D eigenvalue weighted by Gasteiger charge is -2.30. The highest BCUT2D eigenvalue weighted by molar-refractivity contribution is 6.91. The fourth-order valence-electron chi connectivity index (χ4n) is 5.56. The van der Waals surface area contributed by atoms with E-state index in [0.29, 0.717) is 5.92 Å². The molecule has 32 heavy (non-hydrogen) atoms. The van der Waals surface area contributed by atoms with Gasteiger partial charge in [-0.05, 0) is 70.3 Å². The molecule has 0 unspecified atom stereocenters. The molecule has 3 aromatic carbocycles. The number of hydrogen-bond donors (Lipinski definition) is 0. The topological polar surface area (TPSA) is 13.1 Å². The Labute approximate surface area is 192 Å². The van der Waals surface area contributed by atoms with Crippen LogP contribution in [0.3, 0.4) is 0 Å². The molecule has 0 radical (unpaired) electrons. The number of aromatic nitrogens is 1. The van der Waals surface area contributed by atoms with Crippen LogP contribution in [0, 0.1) is 19.8 Å². The van der Waals surface area contributed by atoms with E-state index in [1.807, 2.05) is 0 Å². The van der Waals surface area contributed by atoms with Crippen molar-refractivity contribution >= 4 is 34.8 Å². The van der Waals surface area contributed by atoms with Crippen molar-refractivity contribution in [2.75, 3.05) is 0 Å². The van der Waals surface area contributed by atoms with Crippen molar-refractivity contribution in [1.82, 2.24) is 0 Å². The standard InChI is InChI=1S/C29H34NOSi/c1-17(2)14-20-15-21-12-13-30(5)27-25-19(4)22-11-9-10-18(3)24(22)29(32(6,7)8)28(25)31-23(16-20)26(21)27/h9-13,15-17H,14H2,1-8H3/q+1. The number of ether oxygens (including phenoxy) is 1. The number of fused-ring (bicyclic) bond motifs is 3. The highest BCUT2D eigenvalue weighted by Crippen LogP contribution is 2.48. The Kier molecular flexibility index (Phi) is 4.76. The van der Waals surface area contributed by atoms with Gasteiger partial charge in [-0.25, -0.2) is 4.57 Å². The van der Waals surface area contributed by atoms with Crippen molar-refractivity contribution in [2.45, 2.75) is 53.8 Å². The molecule has 0 spiro atoms. The van der Waals surface area contributed by atoms with E-state index in [2.05, 4.69) is 102 Å². The maximum Gasteiger partial charge on any atom is 0.228 e. The van der Waals surface area contributed by atoms with Gasteiger partial charge in [0, 0.05) is 6.07 Å². The summed E-state index contributed by atoms with van der Waals surface area (Å²) < 4.78 is 9.24. The Bertz CT molecular complexity index is 1410. The minimum atomic E-state index is -1.73. The maximum atomic E-state index is 6.95. The second-order valence-corrected chi connectivity index (χ2v) is 16.0. The average molecular weight is 441 g/mol. The summed E-state index contributed by atoms with van der Waals surface area (Å²) in [5, 5.41) is 6.73. The highest BCUT2D eigenvalue weighted by atomic mass is 28.3. The molecular formula is C29H34NOSi+. The van der Waals surface area contributed by atoms with Gasteiger partial charge in [-0.15, -0.1) is 0 Å². The zero-order valence-corrected chi connectivity index (χ0v) is 21.7. The second-order valence-electron chi connectivity index (χ2n) is 11.0. The largest absolute Gasteiger partial charge is 0.456 e. The Balaban J connectivity index is 1.98. The van der Waals surface area contributed by atoms with Gasteiger partial charge in [0.15, 0.2) is 6.20 Å². The van der Waals surface area contributed by atoms with Crippen LogP contribution in [0.15, 0.2) is 42.6 Å². The maximum absolute atomic E-state index is 6.95. The van der Waals surface area contributed by atoms with Gasteiger partial charge in [-0.2, -0.15) is 0 Å². The van der Waals surface area contributed by atoms with Gasteiger partial charge in [0.25, 0.3) is 0 Å². The van der Waals surface area contributed by atoms with Crippen LogP contribution in [-0.4, -0.2) is 8.07 Å². The van der Waals surface area contributed by atoms with E-state index >= 15 is 0 Å². The first-order valence-electron chi connectivity index (χ1n) is 11.8. The Morgan fingerprint density at radius 2 is 1.75 bits per heavy atom. The summed E-state index contributed by atoms with van der Waals surface area (Å²) in [5.74, 6) is 2.73. The zero-order chi connectivity index (χ0) is 22.9. The molecule has 1 aromatic heterocycles. The molecule has 1 aliphatic heterocycles. The number of hydrogen-bond acceptors (Lipinski definition) is 1. The second kappa shape index (κ2) is 7.18. The molecule has 4 aromatic rings. The van der Waals surface area contributed by atoms with Crippen LogP contribution < -0.4 is 14.5 Å². The predicted molar refractivity (Wildman–Crippen MR) is 139 cm³/mol. The third kappa shape index (κ3) is 3.09. The van der Waals surface area contributed by atoms with Crippen molar-refractivity contribution in [3.8, 4) is 22.8 Å². The number of nitrogens with zero attached hydrogens (tertiary/aromatic N) is 1. The lowest BCUT2D eigenvalue weighted by atomic mass is 9.89. The van der Waals surface area contributed by atoms with Gasteiger partial charge in [-0.1, -0.05) is 57.8 Å². The molecule has 1 aliphatic rings. The van der Waals surface area contributed by atoms with Crippen LogP contribution in [0.25, 0.3) is 32.8 Å². The Hall–Kier alpha value is -2.65. The molecule has 3 heteroatoms. The minimum absolute atomic E-state index is 0.612. The van der Waals surface area contributed by atoms with Crippen molar-refractivity contribution in [2.24, 2.45) is 13.0 Å². The smallest absolute Gasteiger partial charge is 0.228 e. The molecule has 164 valence electrons. The average Bonchev–Trinajstić information content (AvgIpc) is 2.69. The monoisotopic (exact) mass is 440 g/mol. The van der Waals surface area contributed by atoms with Gasteiger partial charge in [0.1, 0.15) is 18.5 Å². The molecule has 5 rings (SSSR count). The summed E-state index contributed by atoms with van der Waals surface area (Å²) in [6.45, 7) is 16.4. The predicted octanol–water partition coefficient (Wildman–Crippen LogP) is 6.95. The molecule has 2 heterocycles. The Morgan fingerprint density at radius 1 is 1.00 bits per heavy atom. The molecule has 2 nitrogen and oxygen atoms in total. The molecule has 0 aliphatic carbocycles. The van der Waals surface area contributed by atoms with Crippen LogP contribution in [0.2, 0.25) is 19.6 Å². The van der Waals surface area contributed by atoms with Gasteiger partial charge < -0.3 is 4.74 Å². The zero-order valence-electron chi connectivity index (χ0n) is 20.7. The first kappa shape index (κ1) is 21.2. The molecular weight excluding hydrogens is 406 g/mol. The number of pyridine rings is 1. The normalized spacial score (nSPS) is 13.0. The lowest BCUT2D eigenvalue weighted by Crippen LogP contribution is -2.41. The first-order chi connectivity index (χ1) is 15.1. The van der Waals surface area contributed by atoms with E-state index in [1.165, 1.54) is 54.7 Å². The van der Waals surface area contributed by atoms with Crippen LogP contribution in [0.5, 0.6) is 11.5 Å². The van der Waals surface area contributed by atoms with Gasteiger partial charge in [-0.3, -0.25) is 0 Å². The molecule has 0 saturated heterocycles. The minimum Gasteiger partial charge on any atom is -0.456 e. The summed E-state index contributed by atoms with van der Waals surface area (Å²) >= 11 is 0. The quantitative estimate of drug-likeness (QED) is 0.218. The van der Waals surface area contributed by atoms with Crippen LogP contribution in [-0.2, 0) is 13.5 Å². The molecule has 0 N–H and O–H groups in total. The summed E-state index contributed by atoms with van der Waals surface area (Å²) in [6.07, 6.45) is 3.27. The summed E-state index contributed by atoms with van der Waals surface area (Å²) in [4.78, 5) is 0. The number of aryl methyl sites for hydroxylation is 3. The van der Waals surface area contributed by atoms with Crippen LogP contribution >= 0.6 is 0 Å².